The summed E-state index contributed by atoms with van der Waals surface area (Å²) in [6, 6.07) is 13.0. The number of hydrogen-bond acceptors (Lipinski definition) is 1. The van der Waals surface area contributed by atoms with E-state index in [-0.39, 0.29) is 11.1 Å². The maximum Gasteiger partial charge on any atom is 0.323 e. The van der Waals surface area contributed by atoms with Gasteiger partial charge in [-0.2, -0.15) is 0 Å². The van der Waals surface area contributed by atoms with Gasteiger partial charge in [-0.3, -0.25) is 0 Å². The quantitative estimate of drug-likeness (QED) is 0.693. The standard InChI is InChI=1S/C14H10Cl2N2O/c15-10-4-1-8(2-5-10)13(16)9-3-6-11-12(7-9)18-14(19)17-11/h1-7,13H,(H2,17,18,19). The predicted molar refractivity (Wildman–Crippen MR) is 78.1 cm³/mol. The molecule has 1 aromatic heterocycles. The Morgan fingerprint density at radius 2 is 1.53 bits per heavy atom. The number of fused-ring (bicyclic) bond motifs is 1. The van der Waals surface area contributed by atoms with E-state index in [0.29, 0.717) is 5.02 Å². The van der Waals surface area contributed by atoms with Crippen LogP contribution in [-0.2, 0) is 0 Å². The van der Waals surface area contributed by atoms with Gasteiger partial charge in [0, 0.05) is 5.02 Å². The Morgan fingerprint density at radius 3 is 2.26 bits per heavy atom. The van der Waals surface area contributed by atoms with Crippen molar-refractivity contribution in [3.63, 3.8) is 0 Å². The van der Waals surface area contributed by atoms with E-state index >= 15 is 0 Å². The Bertz CT molecular complexity index is 774. The van der Waals surface area contributed by atoms with Crippen molar-refractivity contribution in [1.29, 1.82) is 0 Å². The minimum atomic E-state index is -0.278. The van der Waals surface area contributed by atoms with Crippen LogP contribution in [0, 0.1) is 0 Å². The van der Waals surface area contributed by atoms with Crippen molar-refractivity contribution in [2.75, 3.05) is 0 Å². The molecule has 96 valence electrons. The summed E-state index contributed by atoms with van der Waals surface area (Å²) in [4.78, 5) is 16.6. The molecule has 0 aliphatic rings. The molecular formula is C14H10Cl2N2O. The van der Waals surface area contributed by atoms with Crippen molar-refractivity contribution in [3.05, 3.63) is 69.1 Å². The number of hydrogen-bond donors (Lipinski definition) is 2. The van der Waals surface area contributed by atoms with Crippen molar-refractivity contribution >= 4 is 34.2 Å². The fourth-order valence-electron chi connectivity index (χ4n) is 2.03. The molecule has 0 radical (unpaired) electrons. The smallest absolute Gasteiger partial charge is 0.306 e. The average molecular weight is 293 g/mol. The van der Waals surface area contributed by atoms with Crippen LogP contribution >= 0.6 is 23.2 Å². The SMILES string of the molecule is O=c1[nH]c2ccc(C(Cl)c3ccc(Cl)cc3)cc2[nH]1. The molecule has 5 heteroatoms. The molecular weight excluding hydrogens is 283 g/mol. The summed E-state index contributed by atoms with van der Waals surface area (Å²) in [6.45, 7) is 0. The third-order valence-electron chi connectivity index (χ3n) is 3.00. The zero-order valence-electron chi connectivity index (χ0n) is 9.78. The van der Waals surface area contributed by atoms with E-state index in [0.717, 1.165) is 22.2 Å². The first-order valence-electron chi connectivity index (χ1n) is 5.75. The number of alkyl halides is 1. The third kappa shape index (κ3) is 2.39. The minimum absolute atomic E-state index is 0.218. The number of benzene rings is 2. The lowest BCUT2D eigenvalue weighted by atomic mass is 10.0. The first kappa shape index (κ1) is 12.3. The molecule has 1 atom stereocenters. The molecule has 0 aliphatic carbocycles. The van der Waals surface area contributed by atoms with E-state index in [1.54, 1.807) is 0 Å². The fraction of sp³-hybridized carbons (Fsp3) is 0.0714. The number of imidazole rings is 1. The Balaban J connectivity index is 2.03. The first-order valence-corrected chi connectivity index (χ1v) is 6.56. The van der Waals surface area contributed by atoms with Gasteiger partial charge in [0.2, 0.25) is 0 Å². The summed E-state index contributed by atoms with van der Waals surface area (Å²) in [6.07, 6.45) is 0. The van der Waals surface area contributed by atoms with Crippen molar-refractivity contribution in [2.24, 2.45) is 0 Å². The largest absolute Gasteiger partial charge is 0.323 e. The Morgan fingerprint density at radius 1 is 0.895 bits per heavy atom. The molecule has 3 rings (SSSR count). The molecule has 0 amide bonds. The third-order valence-corrected chi connectivity index (χ3v) is 3.75. The van der Waals surface area contributed by atoms with Crippen LogP contribution in [0.3, 0.4) is 0 Å². The lowest BCUT2D eigenvalue weighted by molar-refractivity contribution is 1.14. The van der Waals surface area contributed by atoms with Gasteiger partial charge in [0.05, 0.1) is 16.4 Å². The van der Waals surface area contributed by atoms with E-state index in [9.17, 15) is 4.79 Å². The molecule has 19 heavy (non-hydrogen) atoms. The van der Waals surface area contributed by atoms with Crippen LogP contribution in [0.25, 0.3) is 11.0 Å². The molecule has 1 heterocycles. The Kier molecular flexibility index (Phi) is 3.09. The van der Waals surface area contributed by atoms with Gasteiger partial charge in [0.15, 0.2) is 0 Å². The number of halogens is 2. The maximum absolute atomic E-state index is 11.2. The summed E-state index contributed by atoms with van der Waals surface area (Å²) in [5, 5.41) is 0.401. The average Bonchev–Trinajstić information content (AvgIpc) is 2.77. The molecule has 2 aromatic carbocycles. The molecule has 0 saturated heterocycles. The van der Waals surface area contributed by atoms with Crippen molar-refractivity contribution in [1.82, 2.24) is 9.97 Å². The highest BCUT2D eigenvalue weighted by Gasteiger charge is 2.11. The zero-order chi connectivity index (χ0) is 13.4. The fourth-order valence-corrected chi connectivity index (χ4v) is 2.44. The van der Waals surface area contributed by atoms with Gasteiger partial charge in [-0.15, -0.1) is 11.6 Å². The van der Waals surface area contributed by atoms with E-state index in [4.69, 9.17) is 23.2 Å². The second kappa shape index (κ2) is 4.76. The van der Waals surface area contributed by atoms with Crippen LogP contribution in [0.15, 0.2) is 47.3 Å². The molecule has 0 saturated carbocycles. The summed E-state index contributed by atoms with van der Waals surface area (Å²) in [7, 11) is 0. The van der Waals surface area contributed by atoms with E-state index < -0.39 is 0 Å². The second-order valence-corrected chi connectivity index (χ2v) is 5.17. The van der Waals surface area contributed by atoms with Crippen LogP contribution < -0.4 is 5.69 Å². The number of rotatable bonds is 2. The van der Waals surface area contributed by atoms with Gasteiger partial charge in [-0.05, 0) is 35.4 Å². The van der Waals surface area contributed by atoms with Crippen LogP contribution in [0.2, 0.25) is 5.02 Å². The van der Waals surface area contributed by atoms with Crippen LogP contribution in [0.1, 0.15) is 16.5 Å². The first-order chi connectivity index (χ1) is 9.13. The number of H-pyrrole nitrogens is 2. The van der Waals surface area contributed by atoms with E-state index in [1.165, 1.54) is 0 Å². The van der Waals surface area contributed by atoms with Gasteiger partial charge >= 0.3 is 5.69 Å². The summed E-state index contributed by atoms with van der Waals surface area (Å²) < 4.78 is 0. The number of nitrogens with one attached hydrogen (secondary N) is 2. The van der Waals surface area contributed by atoms with E-state index in [2.05, 4.69) is 9.97 Å². The van der Waals surface area contributed by atoms with Gasteiger partial charge in [0.25, 0.3) is 0 Å². The molecule has 0 fully saturated rings. The molecule has 1 unspecified atom stereocenters. The van der Waals surface area contributed by atoms with Crippen LogP contribution in [0.5, 0.6) is 0 Å². The highest BCUT2D eigenvalue weighted by molar-refractivity contribution is 6.30. The van der Waals surface area contributed by atoms with E-state index in [1.807, 2.05) is 42.5 Å². The monoisotopic (exact) mass is 292 g/mol. The van der Waals surface area contributed by atoms with Gasteiger partial charge in [-0.1, -0.05) is 29.8 Å². The van der Waals surface area contributed by atoms with Gasteiger partial charge in [-0.25, -0.2) is 4.79 Å². The van der Waals surface area contributed by atoms with Crippen molar-refractivity contribution < 1.29 is 0 Å². The molecule has 0 bridgehead atoms. The van der Waals surface area contributed by atoms with Gasteiger partial charge < -0.3 is 9.97 Å². The molecule has 2 N–H and O–H groups in total. The highest BCUT2D eigenvalue weighted by Crippen LogP contribution is 2.30. The van der Waals surface area contributed by atoms with Gasteiger partial charge in [0.1, 0.15) is 0 Å². The van der Waals surface area contributed by atoms with Crippen molar-refractivity contribution in [3.8, 4) is 0 Å². The second-order valence-electron chi connectivity index (χ2n) is 4.30. The lowest BCUT2D eigenvalue weighted by Crippen LogP contribution is -1.99. The van der Waals surface area contributed by atoms with Crippen LogP contribution in [-0.4, -0.2) is 9.97 Å². The summed E-state index contributed by atoms with van der Waals surface area (Å²) in [5.74, 6) is 0. The Labute approximate surface area is 119 Å². The summed E-state index contributed by atoms with van der Waals surface area (Å²) >= 11 is 12.3. The topological polar surface area (TPSA) is 48.6 Å². The molecule has 0 aliphatic heterocycles. The number of aromatic amines is 2. The Hall–Kier alpha value is -1.71. The maximum atomic E-state index is 11.2. The summed E-state index contributed by atoms with van der Waals surface area (Å²) in [5.41, 5.74) is 3.19. The minimum Gasteiger partial charge on any atom is -0.306 e. The van der Waals surface area contributed by atoms with Crippen molar-refractivity contribution in [2.45, 2.75) is 5.38 Å². The molecule has 3 nitrogen and oxygen atoms in total. The lowest BCUT2D eigenvalue weighted by Gasteiger charge is -2.10. The molecule has 3 aromatic rings. The predicted octanol–water partition coefficient (Wildman–Crippen LogP) is 3.84. The zero-order valence-corrected chi connectivity index (χ0v) is 11.3. The highest BCUT2D eigenvalue weighted by atomic mass is 35.5. The normalized spacial score (nSPS) is 12.7. The molecule has 0 spiro atoms. The van der Waals surface area contributed by atoms with Crippen LogP contribution in [0.4, 0.5) is 0 Å². The number of aromatic nitrogens is 2.